The number of rotatable bonds is 3. The zero-order valence-electron chi connectivity index (χ0n) is 9.35. The number of Topliss-reactive ketones (excluding diaryl/α,β-unsaturated/α-hetero) is 1. The van der Waals surface area contributed by atoms with Crippen molar-refractivity contribution in [2.75, 3.05) is 0 Å². The van der Waals surface area contributed by atoms with E-state index in [0.29, 0.717) is 6.54 Å². The van der Waals surface area contributed by atoms with E-state index in [1.807, 2.05) is 53.4 Å². The normalized spacial score (nSPS) is 9.67. The second-order valence-electron chi connectivity index (χ2n) is 3.62. The van der Waals surface area contributed by atoms with E-state index < -0.39 is 0 Å². The Morgan fingerprint density at radius 3 is 2.33 bits per heavy atom. The minimum absolute atomic E-state index is 0. The first-order chi connectivity index (χ1) is 8.15. The molecule has 1 aromatic heterocycles. The van der Waals surface area contributed by atoms with Crippen LogP contribution in [-0.2, 0) is 6.54 Å². The van der Waals surface area contributed by atoms with Crippen LogP contribution < -0.4 is 4.57 Å². The molecule has 0 radical (unpaired) electrons. The molecule has 0 spiro atoms. The fourth-order valence-corrected chi connectivity index (χ4v) is 2.16. The summed E-state index contributed by atoms with van der Waals surface area (Å²) in [5, 5.41) is 0. The van der Waals surface area contributed by atoms with E-state index in [4.69, 9.17) is 0 Å². The second-order valence-corrected chi connectivity index (χ2v) is 5.46. The van der Waals surface area contributed by atoms with Gasteiger partial charge in [0, 0.05) is 16.1 Å². The molecule has 0 N–H and O–H groups in total. The van der Waals surface area contributed by atoms with Crippen LogP contribution in [0.3, 0.4) is 0 Å². The zero-order valence-corrected chi connectivity index (χ0v) is 14.2. The highest BCUT2D eigenvalue weighted by Gasteiger charge is 2.11. The minimum Gasteiger partial charge on any atom is -0.287 e. The summed E-state index contributed by atoms with van der Waals surface area (Å²) in [5.41, 5.74) is 0.723. The lowest BCUT2D eigenvalue weighted by Crippen LogP contribution is -2.37. The molecule has 0 saturated carbocycles. The van der Waals surface area contributed by atoms with Crippen molar-refractivity contribution in [3.8, 4) is 0 Å². The highest BCUT2D eigenvalue weighted by atomic mass is 79.9. The quantitative estimate of drug-likeness (QED) is 0.527. The molecule has 0 saturated heterocycles. The van der Waals surface area contributed by atoms with Gasteiger partial charge in [0.15, 0.2) is 12.4 Å². The van der Waals surface area contributed by atoms with Gasteiger partial charge in [-0.25, -0.2) is 0 Å². The van der Waals surface area contributed by atoms with E-state index >= 15 is 0 Å². The third-order valence-electron chi connectivity index (χ3n) is 2.31. The van der Waals surface area contributed by atoms with Gasteiger partial charge in [-0.15, -0.1) is 17.0 Å². The molecule has 1 aromatic carbocycles. The van der Waals surface area contributed by atoms with Gasteiger partial charge < -0.3 is 0 Å². The maximum absolute atomic E-state index is 12.0. The fraction of sp³-hybridized carbons (Fsp3) is 0.0769. The Kier molecular flexibility index (Phi) is 6.18. The molecule has 5 heteroatoms. The minimum atomic E-state index is 0. The highest BCUT2D eigenvalue weighted by Crippen LogP contribution is 2.11. The maximum Gasteiger partial charge on any atom is 0.227 e. The van der Waals surface area contributed by atoms with Gasteiger partial charge in [0.25, 0.3) is 0 Å². The number of nitrogens with zero attached hydrogens (tertiary/aromatic N) is 1. The van der Waals surface area contributed by atoms with Crippen molar-refractivity contribution in [3.63, 3.8) is 0 Å². The summed E-state index contributed by atoms with van der Waals surface area (Å²) in [4.78, 5) is 12.0. The first kappa shape index (κ1) is 15.5. The van der Waals surface area contributed by atoms with Crippen molar-refractivity contribution >= 4 is 54.6 Å². The molecule has 0 fully saturated rings. The van der Waals surface area contributed by atoms with Gasteiger partial charge in [0.1, 0.15) is 0 Å². The summed E-state index contributed by atoms with van der Waals surface area (Å²) in [6.07, 6.45) is 3.76. The predicted octanol–water partition coefficient (Wildman–Crippen LogP) is 3.96. The van der Waals surface area contributed by atoms with E-state index in [1.165, 1.54) is 0 Å². The summed E-state index contributed by atoms with van der Waals surface area (Å²) in [7, 11) is 0. The van der Waals surface area contributed by atoms with Gasteiger partial charge >= 0.3 is 0 Å². The Bertz CT molecular complexity index is 540. The third-order valence-corrected chi connectivity index (χ3v) is 3.31. The van der Waals surface area contributed by atoms with E-state index in [2.05, 4.69) is 31.9 Å². The number of halogens is 3. The number of pyridine rings is 1. The molecular formula is C13H11Br3NO+. The van der Waals surface area contributed by atoms with E-state index in [-0.39, 0.29) is 22.8 Å². The van der Waals surface area contributed by atoms with Crippen LogP contribution in [-0.4, -0.2) is 5.78 Å². The van der Waals surface area contributed by atoms with E-state index in [0.717, 1.165) is 14.5 Å². The third kappa shape index (κ3) is 4.30. The molecule has 0 aliphatic rings. The van der Waals surface area contributed by atoms with Crippen LogP contribution in [0.4, 0.5) is 0 Å². The molecule has 2 nitrogen and oxygen atoms in total. The van der Waals surface area contributed by atoms with Gasteiger partial charge in [-0.2, -0.15) is 4.57 Å². The molecule has 0 aliphatic carbocycles. The van der Waals surface area contributed by atoms with Gasteiger partial charge in [0.05, 0.1) is 4.47 Å². The molecule has 0 atom stereocenters. The number of benzene rings is 1. The largest absolute Gasteiger partial charge is 0.287 e. The summed E-state index contributed by atoms with van der Waals surface area (Å²) in [5.74, 6) is 0.0978. The first-order valence-electron chi connectivity index (χ1n) is 5.08. The number of hydrogen-bond donors (Lipinski definition) is 0. The summed E-state index contributed by atoms with van der Waals surface area (Å²) < 4.78 is 3.79. The molecule has 94 valence electrons. The van der Waals surface area contributed by atoms with Crippen molar-refractivity contribution in [1.82, 2.24) is 0 Å². The van der Waals surface area contributed by atoms with Crippen LogP contribution in [0.1, 0.15) is 10.4 Å². The summed E-state index contributed by atoms with van der Waals surface area (Å²) in [6, 6.07) is 11.2. The van der Waals surface area contributed by atoms with Crippen molar-refractivity contribution in [1.29, 1.82) is 0 Å². The van der Waals surface area contributed by atoms with E-state index in [1.54, 1.807) is 0 Å². The first-order valence-corrected chi connectivity index (χ1v) is 6.67. The lowest BCUT2D eigenvalue weighted by Gasteiger charge is -1.99. The number of ketones is 1. The van der Waals surface area contributed by atoms with Crippen LogP contribution in [0.15, 0.2) is 57.7 Å². The lowest BCUT2D eigenvalue weighted by molar-refractivity contribution is -0.683. The average molecular weight is 437 g/mol. The Labute approximate surface area is 133 Å². The second kappa shape index (κ2) is 7.16. The smallest absolute Gasteiger partial charge is 0.227 e. The van der Waals surface area contributed by atoms with Gasteiger partial charge in [0.2, 0.25) is 12.3 Å². The lowest BCUT2D eigenvalue weighted by atomic mass is 10.1. The number of hydrogen-bond acceptors (Lipinski definition) is 1. The topological polar surface area (TPSA) is 20.9 Å². The molecular weight excluding hydrogens is 426 g/mol. The van der Waals surface area contributed by atoms with Gasteiger partial charge in [-0.1, -0.05) is 28.1 Å². The van der Waals surface area contributed by atoms with Crippen LogP contribution in [0.2, 0.25) is 0 Å². The molecule has 1 heterocycles. The van der Waals surface area contributed by atoms with Gasteiger partial charge in [-0.3, -0.25) is 4.79 Å². The van der Waals surface area contributed by atoms with Crippen molar-refractivity contribution in [2.24, 2.45) is 0 Å². The molecule has 2 aromatic rings. The molecule has 0 amide bonds. The van der Waals surface area contributed by atoms with Crippen molar-refractivity contribution < 1.29 is 9.36 Å². The van der Waals surface area contributed by atoms with Crippen LogP contribution >= 0.6 is 48.8 Å². The Morgan fingerprint density at radius 1 is 1.06 bits per heavy atom. The molecule has 18 heavy (non-hydrogen) atoms. The Balaban J connectivity index is 0.00000162. The number of aromatic nitrogens is 1. The average Bonchev–Trinajstić information content (AvgIpc) is 2.29. The standard InChI is InChI=1S/C13H10Br2NO.BrH/c14-11-5-3-10(4-6-11)13(17)9-16-7-1-2-12(15)8-16;/h1-8H,9H2;1H/q+1;. The monoisotopic (exact) mass is 434 g/mol. The van der Waals surface area contributed by atoms with E-state index in [9.17, 15) is 4.79 Å². The summed E-state index contributed by atoms with van der Waals surface area (Å²) >= 11 is 6.73. The summed E-state index contributed by atoms with van der Waals surface area (Å²) in [6.45, 7) is 0.348. The number of carbonyl (C=O) groups excluding carboxylic acids is 1. The van der Waals surface area contributed by atoms with Crippen LogP contribution in [0, 0.1) is 0 Å². The number of carbonyl (C=O) groups is 1. The van der Waals surface area contributed by atoms with Gasteiger partial charge in [-0.05, 0) is 34.1 Å². The van der Waals surface area contributed by atoms with Crippen molar-refractivity contribution in [3.05, 3.63) is 63.3 Å². The Morgan fingerprint density at radius 2 is 1.72 bits per heavy atom. The fourth-order valence-electron chi connectivity index (χ4n) is 1.48. The highest BCUT2D eigenvalue weighted by molar-refractivity contribution is 9.10. The zero-order chi connectivity index (χ0) is 12.3. The van der Waals surface area contributed by atoms with Crippen molar-refractivity contribution in [2.45, 2.75) is 6.54 Å². The Hall–Kier alpha value is -0.520. The predicted molar refractivity (Wildman–Crippen MR) is 83.1 cm³/mol. The van der Waals surface area contributed by atoms with Crippen LogP contribution in [0.5, 0.6) is 0 Å². The maximum atomic E-state index is 12.0. The molecule has 0 unspecified atom stereocenters. The molecule has 0 bridgehead atoms. The molecule has 2 rings (SSSR count). The molecule has 0 aliphatic heterocycles. The SMILES string of the molecule is Br.O=C(C[n+]1cccc(Br)c1)c1ccc(Br)cc1. The van der Waals surface area contributed by atoms with Crippen LogP contribution in [0.25, 0.3) is 0 Å².